The topological polar surface area (TPSA) is 38.3 Å². The van der Waals surface area contributed by atoms with E-state index in [1.165, 1.54) is 6.08 Å². The first-order valence-electron chi connectivity index (χ1n) is 5.59. The molecule has 0 aromatic heterocycles. The van der Waals surface area contributed by atoms with Gasteiger partial charge >= 0.3 is 0 Å². The molecule has 0 radical (unpaired) electrons. The van der Waals surface area contributed by atoms with Crippen molar-refractivity contribution in [3.05, 3.63) is 35.9 Å². The first kappa shape index (κ1) is 13.9. The number of hydrogen-bond donors (Lipinski definition) is 1. The van der Waals surface area contributed by atoms with Gasteiger partial charge in [0.25, 0.3) is 0 Å². The fourth-order valence-corrected chi connectivity index (χ4v) is 1.27. The number of nitrogens with one attached hydrogen (secondary N) is 1. The molecule has 0 spiro atoms. The van der Waals surface area contributed by atoms with Gasteiger partial charge in [-0.05, 0) is 37.6 Å². The Morgan fingerprint density at radius 2 is 2.00 bits per heavy atom. The number of ether oxygens (including phenoxy) is 1. The highest BCUT2D eigenvalue weighted by Gasteiger charge is 2.14. The highest BCUT2D eigenvalue weighted by Crippen LogP contribution is 2.12. The summed E-state index contributed by atoms with van der Waals surface area (Å²) in [4.78, 5) is 11.6. The van der Waals surface area contributed by atoms with Crippen LogP contribution in [0.25, 0.3) is 6.08 Å². The largest absolute Gasteiger partial charge is 0.497 e. The van der Waals surface area contributed by atoms with Crippen molar-refractivity contribution in [3.8, 4) is 18.1 Å². The molecular weight excluding hydrogens is 226 g/mol. The third-order valence-corrected chi connectivity index (χ3v) is 2.34. The summed E-state index contributed by atoms with van der Waals surface area (Å²) in [5.74, 6) is 3.07. The van der Waals surface area contributed by atoms with Crippen LogP contribution in [0, 0.1) is 12.3 Å². The SMILES string of the molecule is C#CC(C)(C)NC(=O)/C=C/c1ccc(OC)cc1. The normalized spacial score (nSPS) is 11.0. The smallest absolute Gasteiger partial charge is 0.245 e. The summed E-state index contributed by atoms with van der Waals surface area (Å²) in [7, 11) is 1.61. The van der Waals surface area contributed by atoms with Crippen LogP contribution in [-0.2, 0) is 4.79 Å². The van der Waals surface area contributed by atoms with Gasteiger partial charge in [-0.1, -0.05) is 18.1 Å². The molecule has 0 unspecified atom stereocenters. The lowest BCUT2D eigenvalue weighted by molar-refractivity contribution is -0.117. The zero-order valence-corrected chi connectivity index (χ0v) is 10.9. The Morgan fingerprint density at radius 3 is 2.50 bits per heavy atom. The Hall–Kier alpha value is -2.21. The molecule has 0 saturated heterocycles. The van der Waals surface area contributed by atoms with Crippen molar-refractivity contribution < 1.29 is 9.53 Å². The number of carbonyl (C=O) groups is 1. The number of terminal acetylenes is 1. The van der Waals surface area contributed by atoms with E-state index in [1.54, 1.807) is 27.0 Å². The monoisotopic (exact) mass is 243 g/mol. The van der Waals surface area contributed by atoms with Crippen molar-refractivity contribution in [2.24, 2.45) is 0 Å². The average Bonchev–Trinajstić information content (AvgIpc) is 2.36. The van der Waals surface area contributed by atoms with Crippen molar-refractivity contribution in [2.75, 3.05) is 7.11 Å². The number of carbonyl (C=O) groups excluding carboxylic acids is 1. The molecule has 1 rings (SSSR count). The zero-order chi connectivity index (χ0) is 13.6. The predicted molar refractivity (Wildman–Crippen MR) is 73.1 cm³/mol. The Bertz CT molecular complexity index is 478. The van der Waals surface area contributed by atoms with E-state index in [0.717, 1.165) is 11.3 Å². The number of methoxy groups -OCH3 is 1. The molecule has 94 valence electrons. The molecule has 3 nitrogen and oxygen atoms in total. The average molecular weight is 243 g/mol. The Balaban J connectivity index is 2.64. The highest BCUT2D eigenvalue weighted by atomic mass is 16.5. The van der Waals surface area contributed by atoms with E-state index in [0.29, 0.717) is 0 Å². The van der Waals surface area contributed by atoms with Crippen molar-refractivity contribution in [1.29, 1.82) is 0 Å². The Morgan fingerprint density at radius 1 is 1.39 bits per heavy atom. The lowest BCUT2D eigenvalue weighted by Crippen LogP contribution is -2.41. The van der Waals surface area contributed by atoms with Crippen LogP contribution in [0.1, 0.15) is 19.4 Å². The second kappa shape index (κ2) is 5.92. The lowest BCUT2D eigenvalue weighted by atomic mass is 10.1. The second-order valence-corrected chi connectivity index (χ2v) is 4.37. The van der Waals surface area contributed by atoms with Gasteiger partial charge in [-0.2, -0.15) is 0 Å². The number of amides is 1. The fraction of sp³-hybridized carbons (Fsp3) is 0.267. The minimum Gasteiger partial charge on any atom is -0.497 e. The maximum atomic E-state index is 11.6. The van der Waals surface area contributed by atoms with E-state index in [-0.39, 0.29) is 5.91 Å². The molecule has 1 aromatic carbocycles. The van der Waals surface area contributed by atoms with Crippen LogP contribution in [0.15, 0.2) is 30.3 Å². The molecule has 18 heavy (non-hydrogen) atoms. The Labute approximate surface area is 108 Å². The van der Waals surface area contributed by atoms with Crippen LogP contribution in [0.2, 0.25) is 0 Å². The van der Waals surface area contributed by atoms with E-state index in [4.69, 9.17) is 11.2 Å². The molecule has 3 heteroatoms. The van der Waals surface area contributed by atoms with Gasteiger partial charge < -0.3 is 10.1 Å². The van der Waals surface area contributed by atoms with Gasteiger partial charge in [0, 0.05) is 6.08 Å². The summed E-state index contributed by atoms with van der Waals surface area (Å²) in [5, 5.41) is 2.71. The van der Waals surface area contributed by atoms with Crippen LogP contribution in [0.5, 0.6) is 5.75 Å². The standard InChI is InChI=1S/C15H17NO2/c1-5-15(2,3)16-14(17)11-8-12-6-9-13(18-4)10-7-12/h1,6-11H,2-4H3,(H,16,17)/b11-8+. The Kier molecular flexibility index (Phi) is 4.56. The maximum absolute atomic E-state index is 11.6. The highest BCUT2D eigenvalue weighted by molar-refractivity contribution is 5.92. The van der Waals surface area contributed by atoms with Crippen molar-refractivity contribution >= 4 is 12.0 Å². The van der Waals surface area contributed by atoms with E-state index in [1.807, 2.05) is 24.3 Å². The molecule has 0 aliphatic heterocycles. The third-order valence-electron chi connectivity index (χ3n) is 2.34. The summed E-state index contributed by atoms with van der Waals surface area (Å²) in [6.45, 7) is 3.54. The summed E-state index contributed by atoms with van der Waals surface area (Å²) in [6.07, 6.45) is 8.47. The zero-order valence-electron chi connectivity index (χ0n) is 10.9. The van der Waals surface area contributed by atoms with Crippen LogP contribution in [0.4, 0.5) is 0 Å². The van der Waals surface area contributed by atoms with Gasteiger partial charge in [0.05, 0.1) is 12.6 Å². The molecule has 1 amide bonds. The molecule has 0 bridgehead atoms. The number of benzene rings is 1. The van der Waals surface area contributed by atoms with Crippen molar-refractivity contribution in [3.63, 3.8) is 0 Å². The van der Waals surface area contributed by atoms with Crippen LogP contribution >= 0.6 is 0 Å². The van der Waals surface area contributed by atoms with Crippen LogP contribution in [-0.4, -0.2) is 18.6 Å². The molecule has 0 saturated carbocycles. The molecule has 0 heterocycles. The lowest BCUT2D eigenvalue weighted by Gasteiger charge is -2.17. The third kappa shape index (κ3) is 4.34. The molecule has 0 aliphatic rings. The fourth-order valence-electron chi connectivity index (χ4n) is 1.27. The first-order valence-corrected chi connectivity index (χ1v) is 5.59. The molecule has 1 aromatic rings. The van der Waals surface area contributed by atoms with Gasteiger partial charge in [-0.25, -0.2) is 0 Å². The van der Waals surface area contributed by atoms with Gasteiger partial charge in [0.1, 0.15) is 5.75 Å². The second-order valence-electron chi connectivity index (χ2n) is 4.37. The minimum atomic E-state index is -0.638. The summed E-state index contributed by atoms with van der Waals surface area (Å²) in [6, 6.07) is 7.41. The van der Waals surface area contributed by atoms with Crippen LogP contribution < -0.4 is 10.1 Å². The van der Waals surface area contributed by atoms with E-state index >= 15 is 0 Å². The van der Waals surface area contributed by atoms with Crippen molar-refractivity contribution in [2.45, 2.75) is 19.4 Å². The quantitative estimate of drug-likeness (QED) is 0.650. The predicted octanol–water partition coefficient (Wildman–Crippen LogP) is 2.24. The van der Waals surface area contributed by atoms with Gasteiger partial charge in [0.2, 0.25) is 5.91 Å². The molecule has 1 N–H and O–H groups in total. The van der Waals surface area contributed by atoms with Crippen molar-refractivity contribution in [1.82, 2.24) is 5.32 Å². The van der Waals surface area contributed by atoms with E-state index < -0.39 is 5.54 Å². The van der Waals surface area contributed by atoms with Crippen LogP contribution in [0.3, 0.4) is 0 Å². The maximum Gasteiger partial charge on any atom is 0.245 e. The summed E-state index contributed by atoms with van der Waals surface area (Å²) >= 11 is 0. The molecule has 0 aliphatic carbocycles. The first-order chi connectivity index (χ1) is 8.46. The van der Waals surface area contributed by atoms with E-state index in [9.17, 15) is 4.79 Å². The van der Waals surface area contributed by atoms with Gasteiger partial charge in [-0.15, -0.1) is 6.42 Å². The summed E-state index contributed by atoms with van der Waals surface area (Å²) in [5.41, 5.74) is 0.283. The molecule has 0 fully saturated rings. The summed E-state index contributed by atoms with van der Waals surface area (Å²) < 4.78 is 5.05. The molecule has 0 atom stereocenters. The van der Waals surface area contributed by atoms with Gasteiger partial charge in [-0.3, -0.25) is 4.79 Å². The number of hydrogen-bond acceptors (Lipinski definition) is 2. The number of rotatable bonds is 4. The van der Waals surface area contributed by atoms with E-state index in [2.05, 4.69) is 11.2 Å². The molecular formula is C15H17NO2. The minimum absolute atomic E-state index is 0.214. The van der Waals surface area contributed by atoms with Gasteiger partial charge in [0.15, 0.2) is 0 Å².